The normalized spacial score (nSPS) is 11.8. The lowest BCUT2D eigenvalue weighted by Gasteiger charge is -2.09. The molecule has 0 saturated heterocycles. The summed E-state index contributed by atoms with van der Waals surface area (Å²) in [5.41, 5.74) is 5.32. The number of aliphatic carboxylic acids is 1. The number of carboxylic acid groups (broad SMARTS) is 1. The molecule has 3 N–H and O–H groups in total. The summed E-state index contributed by atoms with van der Waals surface area (Å²) in [5, 5.41) is 8.65. The maximum absolute atomic E-state index is 14.0. The van der Waals surface area contributed by atoms with E-state index in [1.807, 2.05) is 0 Å². The molecule has 9 heteroatoms. The first kappa shape index (κ1) is 21.0. The molecular formula is C16H19F2NO5S. The summed E-state index contributed by atoms with van der Waals surface area (Å²) in [6.45, 7) is 0. The molecule has 1 aromatic rings. The number of Topliss-reactive ketones (excluding diaryl/α,β-unsaturated/α-hetero) is 1. The number of hydrogen-bond acceptors (Lipinski definition) is 6. The predicted molar refractivity (Wildman–Crippen MR) is 88.1 cm³/mol. The van der Waals surface area contributed by atoms with Crippen molar-refractivity contribution in [3.8, 4) is 0 Å². The Morgan fingerprint density at radius 3 is 2.44 bits per heavy atom. The number of ketones is 1. The van der Waals surface area contributed by atoms with Gasteiger partial charge in [0.2, 0.25) is 0 Å². The lowest BCUT2D eigenvalue weighted by molar-refractivity contribution is -0.143. The van der Waals surface area contributed by atoms with Crippen LogP contribution < -0.4 is 5.73 Å². The van der Waals surface area contributed by atoms with Gasteiger partial charge in [0.15, 0.2) is 0 Å². The Bertz CT molecular complexity index is 654. The van der Waals surface area contributed by atoms with E-state index in [0.29, 0.717) is 5.75 Å². The Balaban J connectivity index is 2.62. The smallest absolute Gasteiger partial charge is 0.320 e. The minimum absolute atomic E-state index is 0.107. The Morgan fingerprint density at radius 1 is 1.24 bits per heavy atom. The highest BCUT2D eigenvalue weighted by Gasteiger charge is 2.16. The second-order valence-electron chi connectivity index (χ2n) is 5.29. The van der Waals surface area contributed by atoms with E-state index in [1.165, 1.54) is 11.8 Å². The molecular weight excluding hydrogens is 356 g/mol. The third kappa shape index (κ3) is 7.18. The van der Waals surface area contributed by atoms with Gasteiger partial charge in [0.05, 0.1) is 7.11 Å². The minimum Gasteiger partial charge on any atom is -0.480 e. The number of benzene rings is 1. The van der Waals surface area contributed by atoms with E-state index in [2.05, 4.69) is 4.74 Å². The molecule has 0 unspecified atom stereocenters. The number of halogens is 2. The number of ether oxygens (including phenoxy) is 1. The average Bonchev–Trinajstić information content (AvgIpc) is 2.54. The van der Waals surface area contributed by atoms with Gasteiger partial charge in [-0.25, -0.2) is 8.78 Å². The number of rotatable bonds is 10. The summed E-state index contributed by atoms with van der Waals surface area (Å²) in [4.78, 5) is 33.2. The van der Waals surface area contributed by atoms with Crippen molar-refractivity contribution in [1.29, 1.82) is 0 Å². The SMILES string of the molecule is COC(=O)CC(=O)Cc1cc(F)c(CSCC[C@H](N)C(=O)O)cc1F. The molecule has 6 nitrogen and oxygen atoms in total. The molecule has 1 aromatic carbocycles. The molecule has 0 aromatic heterocycles. The number of carbonyl (C=O) groups excluding carboxylic acids is 2. The maximum atomic E-state index is 14.0. The molecule has 25 heavy (non-hydrogen) atoms. The highest BCUT2D eigenvalue weighted by atomic mass is 32.2. The van der Waals surface area contributed by atoms with Gasteiger partial charge in [-0.05, 0) is 29.9 Å². The average molecular weight is 375 g/mol. The summed E-state index contributed by atoms with van der Waals surface area (Å²) in [6, 6.07) is 0.946. The molecule has 0 amide bonds. The summed E-state index contributed by atoms with van der Waals surface area (Å²) >= 11 is 1.23. The molecule has 0 spiro atoms. The van der Waals surface area contributed by atoms with Crippen molar-refractivity contribution in [2.45, 2.75) is 31.1 Å². The van der Waals surface area contributed by atoms with Gasteiger partial charge >= 0.3 is 11.9 Å². The zero-order chi connectivity index (χ0) is 19.0. The first-order chi connectivity index (χ1) is 11.7. The van der Waals surface area contributed by atoms with Gasteiger partial charge in [0, 0.05) is 17.7 Å². The third-order valence-corrected chi connectivity index (χ3v) is 4.36. The Morgan fingerprint density at radius 2 is 1.84 bits per heavy atom. The van der Waals surface area contributed by atoms with Crippen molar-refractivity contribution in [2.75, 3.05) is 12.9 Å². The molecule has 138 valence electrons. The highest BCUT2D eigenvalue weighted by Crippen LogP contribution is 2.21. The zero-order valence-electron chi connectivity index (χ0n) is 13.6. The van der Waals surface area contributed by atoms with Crippen molar-refractivity contribution >= 4 is 29.5 Å². The molecule has 1 atom stereocenters. The Labute approximate surface area is 147 Å². The fourth-order valence-corrected chi connectivity index (χ4v) is 2.91. The van der Waals surface area contributed by atoms with E-state index in [1.54, 1.807) is 0 Å². The molecule has 0 heterocycles. The number of methoxy groups -OCH3 is 1. The van der Waals surface area contributed by atoms with Crippen LogP contribution in [0.1, 0.15) is 24.0 Å². The van der Waals surface area contributed by atoms with Crippen molar-refractivity contribution < 1.29 is 33.0 Å². The van der Waals surface area contributed by atoms with Gasteiger partial charge in [0.1, 0.15) is 29.9 Å². The second kappa shape index (κ2) is 10.1. The van der Waals surface area contributed by atoms with Crippen molar-refractivity contribution in [3.63, 3.8) is 0 Å². The molecule has 0 aliphatic heterocycles. The van der Waals surface area contributed by atoms with E-state index in [-0.39, 0.29) is 23.3 Å². The molecule has 0 aliphatic rings. The quantitative estimate of drug-likeness (QED) is 0.364. The number of carboxylic acids is 1. The molecule has 1 rings (SSSR count). The number of hydrogen-bond donors (Lipinski definition) is 2. The van der Waals surface area contributed by atoms with Crippen LogP contribution in [0, 0.1) is 11.6 Å². The van der Waals surface area contributed by atoms with Crippen molar-refractivity contribution in [1.82, 2.24) is 0 Å². The van der Waals surface area contributed by atoms with Crippen LogP contribution in [0.25, 0.3) is 0 Å². The van der Waals surface area contributed by atoms with Crippen LogP contribution in [0.2, 0.25) is 0 Å². The number of esters is 1. The fraction of sp³-hybridized carbons (Fsp3) is 0.438. The summed E-state index contributed by atoms with van der Waals surface area (Å²) in [6.07, 6.45) is -0.693. The van der Waals surface area contributed by atoms with Gasteiger partial charge in [-0.3, -0.25) is 14.4 Å². The lowest BCUT2D eigenvalue weighted by Crippen LogP contribution is -2.30. The van der Waals surface area contributed by atoms with E-state index in [4.69, 9.17) is 10.8 Å². The fourth-order valence-electron chi connectivity index (χ4n) is 1.90. The maximum Gasteiger partial charge on any atom is 0.320 e. The predicted octanol–water partition coefficient (Wildman–Crippen LogP) is 1.67. The monoisotopic (exact) mass is 375 g/mol. The van der Waals surface area contributed by atoms with Crippen LogP contribution in [0.15, 0.2) is 12.1 Å². The van der Waals surface area contributed by atoms with Crippen LogP contribution in [0.4, 0.5) is 8.78 Å². The van der Waals surface area contributed by atoms with Crippen LogP contribution in [0.3, 0.4) is 0 Å². The van der Waals surface area contributed by atoms with Crippen molar-refractivity contribution in [3.05, 3.63) is 34.9 Å². The van der Waals surface area contributed by atoms with Gasteiger partial charge in [0.25, 0.3) is 0 Å². The highest BCUT2D eigenvalue weighted by molar-refractivity contribution is 7.98. The minimum atomic E-state index is -1.11. The first-order valence-corrected chi connectivity index (χ1v) is 8.51. The molecule has 0 fully saturated rings. The Hall–Kier alpha value is -2.00. The summed E-state index contributed by atoms with van der Waals surface area (Å²) in [7, 11) is 1.13. The summed E-state index contributed by atoms with van der Waals surface area (Å²) < 4.78 is 32.4. The molecule has 0 aliphatic carbocycles. The number of nitrogens with two attached hydrogens (primary N) is 1. The number of carbonyl (C=O) groups is 3. The zero-order valence-corrected chi connectivity index (χ0v) is 14.4. The lowest BCUT2D eigenvalue weighted by atomic mass is 10.0. The van der Waals surface area contributed by atoms with Gasteiger partial charge < -0.3 is 15.6 Å². The standard InChI is InChI=1S/C16H19F2NO5S/c1-24-15(21)7-11(20)4-9-5-13(18)10(6-12(9)17)8-25-3-2-14(19)16(22)23/h5-6,14H,2-4,7-8,19H2,1H3,(H,22,23)/t14-/m0/s1. The Kier molecular flexibility index (Phi) is 8.50. The van der Waals surface area contributed by atoms with Gasteiger partial charge in [-0.1, -0.05) is 0 Å². The van der Waals surface area contributed by atoms with Crippen LogP contribution >= 0.6 is 11.8 Å². The summed E-state index contributed by atoms with van der Waals surface area (Å²) in [5.74, 6) is -3.30. The van der Waals surface area contributed by atoms with Crippen LogP contribution in [-0.4, -0.2) is 41.7 Å². The van der Waals surface area contributed by atoms with E-state index in [0.717, 1.165) is 19.2 Å². The third-order valence-electron chi connectivity index (χ3n) is 3.32. The number of thioether (sulfide) groups is 1. The van der Waals surface area contributed by atoms with Crippen LogP contribution in [-0.2, 0) is 31.3 Å². The van der Waals surface area contributed by atoms with Crippen LogP contribution in [0.5, 0.6) is 0 Å². The largest absolute Gasteiger partial charge is 0.480 e. The van der Waals surface area contributed by atoms with E-state index in [9.17, 15) is 23.2 Å². The molecule has 0 bridgehead atoms. The van der Waals surface area contributed by atoms with E-state index >= 15 is 0 Å². The molecule has 0 saturated carbocycles. The molecule has 0 radical (unpaired) electrons. The first-order valence-electron chi connectivity index (χ1n) is 7.36. The topological polar surface area (TPSA) is 107 Å². The van der Waals surface area contributed by atoms with E-state index < -0.39 is 48.2 Å². The van der Waals surface area contributed by atoms with Gasteiger partial charge in [-0.15, -0.1) is 0 Å². The van der Waals surface area contributed by atoms with Crippen molar-refractivity contribution in [2.24, 2.45) is 5.73 Å². The second-order valence-corrected chi connectivity index (χ2v) is 6.39. The van der Waals surface area contributed by atoms with Gasteiger partial charge in [-0.2, -0.15) is 11.8 Å².